The topological polar surface area (TPSA) is 69.7 Å². The lowest BCUT2D eigenvalue weighted by atomic mass is 9.83. The molecule has 2 N–H and O–H groups in total. The normalized spacial score (nSPS) is 26.6. The van der Waals surface area contributed by atoms with E-state index in [1.165, 1.54) is 25.6 Å². The van der Waals surface area contributed by atoms with Crippen molar-refractivity contribution in [3.8, 4) is 16.9 Å². The maximum absolute atomic E-state index is 14.9. The Labute approximate surface area is 164 Å². The standard InChI is InChI=1S/C19H18F3N3O2S/c1-26-11-2-10(6-24-7-11)12-3-13(16(22)4-15(12)21)19-9-27-17(5-20)14(19)8-25-18(23)28-19/h2-4,6-7,14,17H,5,8-9H2,1H3,(H2,23,25)/t14-,17+,19+/m0/s1. The molecule has 0 aliphatic carbocycles. The summed E-state index contributed by atoms with van der Waals surface area (Å²) in [5, 5.41) is 0.271. The number of nitrogens with two attached hydrogens (primary N) is 1. The van der Waals surface area contributed by atoms with Gasteiger partial charge in [-0.15, -0.1) is 0 Å². The second kappa shape index (κ2) is 7.29. The van der Waals surface area contributed by atoms with Crippen molar-refractivity contribution in [1.29, 1.82) is 0 Å². The molecule has 0 amide bonds. The number of aromatic nitrogens is 1. The van der Waals surface area contributed by atoms with E-state index in [0.717, 1.165) is 17.8 Å². The SMILES string of the molecule is COc1cncc(-c2cc([C@]34CO[C@H](CF)[C@@H]3CN=C(N)S4)c(F)cc2F)c1. The van der Waals surface area contributed by atoms with Gasteiger partial charge in [-0.1, -0.05) is 11.8 Å². The van der Waals surface area contributed by atoms with Crippen molar-refractivity contribution in [1.82, 2.24) is 4.98 Å². The van der Waals surface area contributed by atoms with Gasteiger partial charge in [-0.2, -0.15) is 0 Å². The number of pyridine rings is 1. The molecule has 0 saturated carbocycles. The first-order valence-corrected chi connectivity index (χ1v) is 9.45. The summed E-state index contributed by atoms with van der Waals surface area (Å²) in [5.41, 5.74) is 6.73. The molecule has 9 heteroatoms. The highest BCUT2D eigenvalue weighted by atomic mass is 32.2. The fraction of sp³-hybridized carbons (Fsp3) is 0.368. The fourth-order valence-corrected chi connectivity index (χ4v) is 5.07. The number of ether oxygens (including phenoxy) is 2. The highest BCUT2D eigenvalue weighted by Crippen LogP contribution is 2.53. The molecule has 4 rings (SSSR count). The zero-order valence-electron chi connectivity index (χ0n) is 15.0. The van der Waals surface area contributed by atoms with E-state index in [-0.39, 0.29) is 29.4 Å². The largest absolute Gasteiger partial charge is 0.495 e. The molecule has 148 valence electrons. The number of benzene rings is 1. The van der Waals surface area contributed by atoms with Crippen LogP contribution in [0, 0.1) is 17.6 Å². The van der Waals surface area contributed by atoms with Gasteiger partial charge in [-0.25, -0.2) is 13.2 Å². The summed E-state index contributed by atoms with van der Waals surface area (Å²) in [5.74, 6) is -1.42. The van der Waals surface area contributed by atoms with Crippen molar-refractivity contribution in [3.05, 3.63) is 47.8 Å². The number of alkyl halides is 1. The summed E-state index contributed by atoms with van der Waals surface area (Å²) in [6, 6.07) is 3.88. The summed E-state index contributed by atoms with van der Waals surface area (Å²) in [6.45, 7) is -0.427. The van der Waals surface area contributed by atoms with Crippen LogP contribution in [0.15, 0.2) is 35.6 Å². The Balaban J connectivity index is 1.86. The Hall–Kier alpha value is -2.26. The van der Waals surface area contributed by atoms with Gasteiger partial charge in [0, 0.05) is 41.4 Å². The molecule has 2 aromatic rings. The minimum atomic E-state index is -0.971. The molecule has 0 spiro atoms. The van der Waals surface area contributed by atoms with Crippen LogP contribution in [0.4, 0.5) is 13.2 Å². The van der Waals surface area contributed by atoms with Crippen LogP contribution in [-0.2, 0) is 9.48 Å². The van der Waals surface area contributed by atoms with Gasteiger partial charge in [0.1, 0.15) is 24.1 Å². The van der Waals surface area contributed by atoms with E-state index in [1.54, 1.807) is 6.07 Å². The number of rotatable bonds is 4. The van der Waals surface area contributed by atoms with Gasteiger partial charge < -0.3 is 15.2 Å². The summed E-state index contributed by atoms with van der Waals surface area (Å²) in [4.78, 5) is 8.22. The van der Waals surface area contributed by atoms with E-state index in [9.17, 15) is 13.2 Å². The Morgan fingerprint density at radius 3 is 2.86 bits per heavy atom. The number of methoxy groups -OCH3 is 1. The summed E-state index contributed by atoms with van der Waals surface area (Å²) >= 11 is 1.14. The number of aliphatic imine (C=N–C) groups is 1. The number of amidine groups is 1. The first kappa shape index (κ1) is 19.1. The van der Waals surface area contributed by atoms with Crippen molar-refractivity contribution >= 4 is 16.9 Å². The van der Waals surface area contributed by atoms with Crippen molar-refractivity contribution in [2.75, 3.05) is 26.9 Å². The zero-order valence-corrected chi connectivity index (χ0v) is 15.8. The fourth-order valence-electron chi connectivity index (χ4n) is 3.79. The molecule has 3 heterocycles. The Kier molecular flexibility index (Phi) is 4.96. The van der Waals surface area contributed by atoms with Gasteiger partial charge in [-0.05, 0) is 12.1 Å². The van der Waals surface area contributed by atoms with Crippen LogP contribution < -0.4 is 10.5 Å². The highest BCUT2D eigenvalue weighted by Gasteiger charge is 2.55. The summed E-state index contributed by atoms with van der Waals surface area (Å²) < 4.78 is 52.8. The molecule has 2 aliphatic rings. The first-order valence-electron chi connectivity index (χ1n) is 8.64. The van der Waals surface area contributed by atoms with Gasteiger partial charge in [0.25, 0.3) is 0 Å². The molecular formula is C19H18F3N3O2S. The lowest BCUT2D eigenvalue weighted by Gasteiger charge is -2.37. The van der Waals surface area contributed by atoms with Gasteiger partial charge in [0.15, 0.2) is 5.17 Å². The molecule has 1 saturated heterocycles. The second-order valence-electron chi connectivity index (χ2n) is 6.71. The first-order chi connectivity index (χ1) is 13.5. The predicted molar refractivity (Wildman–Crippen MR) is 101 cm³/mol. The zero-order chi connectivity index (χ0) is 19.9. The Bertz CT molecular complexity index is 943. The average molecular weight is 409 g/mol. The van der Waals surface area contributed by atoms with Crippen LogP contribution in [0.3, 0.4) is 0 Å². The van der Waals surface area contributed by atoms with Crippen LogP contribution in [0.1, 0.15) is 5.56 Å². The molecule has 0 radical (unpaired) electrons. The number of thioether (sulfide) groups is 1. The molecule has 2 aliphatic heterocycles. The van der Waals surface area contributed by atoms with E-state index < -0.39 is 35.1 Å². The van der Waals surface area contributed by atoms with Crippen LogP contribution in [-0.4, -0.2) is 43.2 Å². The van der Waals surface area contributed by atoms with E-state index in [4.69, 9.17) is 15.2 Å². The third kappa shape index (κ3) is 3.02. The van der Waals surface area contributed by atoms with E-state index >= 15 is 0 Å². The minimum Gasteiger partial charge on any atom is -0.495 e. The number of fused-ring (bicyclic) bond motifs is 1. The maximum Gasteiger partial charge on any atom is 0.154 e. The van der Waals surface area contributed by atoms with Crippen LogP contribution in [0.5, 0.6) is 5.75 Å². The average Bonchev–Trinajstić information content (AvgIpc) is 3.06. The lowest BCUT2D eigenvalue weighted by Crippen LogP contribution is -2.42. The highest BCUT2D eigenvalue weighted by molar-refractivity contribution is 8.14. The van der Waals surface area contributed by atoms with Crippen molar-refractivity contribution in [3.63, 3.8) is 0 Å². The van der Waals surface area contributed by atoms with Crippen LogP contribution in [0.25, 0.3) is 11.1 Å². The third-order valence-corrected chi connectivity index (χ3v) is 6.56. The number of hydrogen-bond acceptors (Lipinski definition) is 6. The van der Waals surface area contributed by atoms with E-state index in [1.807, 2.05) is 0 Å². The molecule has 1 aromatic carbocycles. The molecule has 1 aromatic heterocycles. The molecule has 5 nitrogen and oxygen atoms in total. The minimum absolute atomic E-state index is 0.0610. The van der Waals surface area contributed by atoms with Gasteiger partial charge in [0.2, 0.25) is 0 Å². The molecule has 0 unspecified atom stereocenters. The van der Waals surface area contributed by atoms with Crippen LogP contribution >= 0.6 is 11.8 Å². The van der Waals surface area contributed by atoms with E-state index in [0.29, 0.717) is 11.3 Å². The molecule has 0 bridgehead atoms. The Morgan fingerprint density at radius 1 is 1.29 bits per heavy atom. The molecule has 1 fully saturated rings. The third-order valence-electron chi connectivity index (χ3n) is 5.21. The predicted octanol–water partition coefficient (Wildman–Crippen LogP) is 3.28. The Morgan fingerprint density at radius 2 is 2.11 bits per heavy atom. The number of halogens is 3. The summed E-state index contributed by atoms with van der Waals surface area (Å²) in [7, 11) is 1.48. The van der Waals surface area contributed by atoms with Gasteiger partial charge >= 0.3 is 0 Å². The monoisotopic (exact) mass is 409 g/mol. The van der Waals surface area contributed by atoms with E-state index in [2.05, 4.69) is 9.98 Å². The maximum atomic E-state index is 14.9. The number of nitrogens with zero attached hydrogens (tertiary/aromatic N) is 2. The second-order valence-corrected chi connectivity index (χ2v) is 8.06. The molecule has 3 atom stereocenters. The van der Waals surface area contributed by atoms with Gasteiger partial charge in [-0.3, -0.25) is 9.98 Å². The van der Waals surface area contributed by atoms with Crippen LogP contribution in [0.2, 0.25) is 0 Å². The summed E-state index contributed by atoms with van der Waals surface area (Å²) in [6.07, 6.45) is 2.25. The van der Waals surface area contributed by atoms with Crippen molar-refractivity contribution in [2.24, 2.45) is 16.6 Å². The molecule has 28 heavy (non-hydrogen) atoms. The quantitative estimate of drug-likeness (QED) is 0.839. The van der Waals surface area contributed by atoms with Crippen molar-refractivity contribution < 1.29 is 22.6 Å². The van der Waals surface area contributed by atoms with Crippen molar-refractivity contribution in [2.45, 2.75) is 10.9 Å². The van der Waals surface area contributed by atoms with Gasteiger partial charge in [0.05, 0.1) is 30.8 Å². The molecular weight excluding hydrogens is 391 g/mol. The smallest absolute Gasteiger partial charge is 0.154 e. The lowest BCUT2D eigenvalue weighted by molar-refractivity contribution is 0.0701. The number of hydrogen-bond donors (Lipinski definition) is 1.